The Morgan fingerprint density at radius 2 is 2.00 bits per heavy atom. The van der Waals surface area contributed by atoms with Crippen LogP contribution >= 0.6 is 0 Å². The van der Waals surface area contributed by atoms with Crippen LogP contribution in [0.5, 0.6) is 11.5 Å². The van der Waals surface area contributed by atoms with Gasteiger partial charge >= 0.3 is 0 Å². The first kappa shape index (κ1) is 16.3. The van der Waals surface area contributed by atoms with Crippen molar-refractivity contribution in [3.8, 4) is 11.5 Å². The fourth-order valence-corrected chi connectivity index (χ4v) is 2.04. The second-order valence-corrected chi connectivity index (χ2v) is 5.10. The molecular weight excluding hydrogens is 256 g/mol. The summed E-state index contributed by atoms with van der Waals surface area (Å²) < 4.78 is 10.4. The lowest BCUT2D eigenvalue weighted by atomic mass is 10.0. The van der Waals surface area contributed by atoms with Crippen molar-refractivity contribution in [2.24, 2.45) is 11.7 Å². The third-order valence-electron chi connectivity index (χ3n) is 3.03. The van der Waals surface area contributed by atoms with E-state index in [2.05, 4.69) is 19.2 Å². The third kappa shape index (κ3) is 4.42. The molecule has 0 heterocycles. The first-order valence-electron chi connectivity index (χ1n) is 6.74. The number of nitrogens with one attached hydrogen (secondary N) is 1. The summed E-state index contributed by atoms with van der Waals surface area (Å²) in [6.07, 6.45) is 0.842. The van der Waals surface area contributed by atoms with Crippen molar-refractivity contribution < 1.29 is 14.3 Å². The Hall–Kier alpha value is -1.75. The van der Waals surface area contributed by atoms with E-state index >= 15 is 0 Å². The average Bonchev–Trinajstić information content (AvgIpc) is 2.45. The summed E-state index contributed by atoms with van der Waals surface area (Å²) in [6, 6.07) is 5.09. The maximum absolute atomic E-state index is 12.3. The number of rotatable bonds is 7. The minimum Gasteiger partial charge on any atom is -0.497 e. The van der Waals surface area contributed by atoms with Gasteiger partial charge in [-0.25, -0.2) is 0 Å². The van der Waals surface area contributed by atoms with Crippen LogP contribution in [-0.2, 0) is 0 Å². The molecule has 112 valence electrons. The predicted molar refractivity (Wildman–Crippen MR) is 79.3 cm³/mol. The smallest absolute Gasteiger partial charge is 0.255 e. The summed E-state index contributed by atoms with van der Waals surface area (Å²) in [6.45, 7) is 4.61. The third-order valence-corrected chi connectivity index (χ3v) is 3.03. The van der Waals surface area contributed by atoms with Crippen molar-refractivity contribution in [1.29, 1.82) is 0 Å². The van der Waals surface area contributed by atoms with Crippen LogP contribution in [0.1, 0.15) is 30.6 Å². The van der Waals surface area contributed by atoms with E-state index in [1.807, 2.05) is 0 Å². The van der Waals surface area contributed by atoms with Crippen molar-refractivity contribution >= 4 is 5.91 Å². The molecule has 0 spiro atoms. The van der Waals surface area contributed by atoms with E-state index in [0.29, 0.717) is 29.5 Å². The number of carbonyl (C=O) groups excluding carboxylic acids is 1. The highest BCUT2D eigenvalue weighted by atomic mass is 16.5. The molecule has 3 N–H and O–H groups in total. The van der Waals surface area contributed by atoms with E-state index in [-0.39, 0.29) is 11.9 Å². The topological polar surface area (TPSA) is 73.6 Å². The lowest BCUT2D eigenvalue weighted by molar-refractivity contribution is 0.0930. The van der Waals surface area contributed by atoms with E-state index in [0.717, 1.165) is 6.42 Å². The summed E-state index contributed by atoms with van der Waals surface area (Å²) in [4.78, 5) is 12.3. The molecule has 0 saturated carbocycles. The Morgan fingerprint density at radius 3 is 2.50 bits per heavy atom. The number of methoxy groups -OCH3 is 2. The zero-order chi connectivity index (χ0) is 15.1. The Morgan fingerprint density at radius 1 is 1.30 bits per heavy atom. The summed E-state index contributed by atoms with van der Waals surface area (Å²) in [5.41, 5.74) is 6.16. The van der Waals surface area contributed by atoms with Crippen LogP contribution in [0.4, 0.5) is 0 Å². The second-order valence-electron chi connectivity index (χ2n) is 5.10. The van der Waals surface area contributed by atoms with Crippen molar-refractivity contribution in [3.63, 3.8) is 0 Å². The van der Waals surface area contributed by atoms with Gasteiger partial charge in [0.05, 0.1) is 19.8 Å². The zero-order valence-corrected chi connectivity index (χ0v) is 12.6. The molecule has 1 amide bonds. The molecule has 1 rings (SSSR count). The van der Waals surface area contributed by atoms with E-state index < -0.39 is 0 Å². The Bertz CT molecular complexity index is 447. The van der Waals surface area contributed by atoms with Crippen LogP contribution in [0.3, 0.4) is 0 Å². The van der Waals surface area contributed by atoms with Crippen LogP contribution in [-0.4, -0.2) is 32.7 Å². The molecule has 0 radical (unpaired) electrons. The molecular formula is C15H24N2O3. The highest BCUT2D eigenvalue weighted by Crippen LogP contribution is 2.24. The lowest BCUT2D eigenvalue weighted by Crippen LogP contribution is -2.41. The highest BCUT2D eigenvalue weighted by molar-refractivity contribution is 5.97. The fraction of sp³-hybridized carbons (Fsp3) is 0.533. The molecule has 0 aromatic heterocycles. The molecule has 1 aromatic rings. The number of ether oxygens (including phenoxy) is 2. The van der Waals surface area contributed by atoms with E-state index in [9.17, 15) is 4.79 Å². The van der Waals surface area contributed by atoms with Crippen molar-refractivity contribution in [1.82, 2.24) is 5.32 Å². The standard InChI is InChI=1S/C15H24N2O3/c1-10(2)7-11(9-16)17-15(18)13-8-12(19-3)5-6-14(13)20-4/h5-6,8,10-11H,7,9,16H2,1-4H3,(H,17,18). The van der Waals surface area contributed by atoms with Crippen LogP contribution < -0.4 is 20.5 Å². The first-order valence-corrected chi connectivity index (χ1v) is 6.74. The highest BCUT2D eigenvalue weighted by Gasteiger charge is 2.17. The predicted octanol–water partition coefficient (Wildman–Crippen LogP) is 1.81. The number of nitrogens with two attached hydrogens (primary N) is 1. The molecule has 1 aromatic carbocycles. The van der Waals surface area contributed by atoms with E-state index in [1.54, 1.807) is 25.3 Å². The maximum Gasteiger partial charge on any atom is 0.255 e. The molecule has 20 heavy (non-hydrogen) atoms. The Labute approximate surface area is 120 Å². The Balaban J connectivity index is 2.89. The first-order chi connectivity index (χ1) is 9.51. The van der Waals surface area contributed by atoms with Gasteiger partial charge in [-0.2, -0.15) is 0 Å². The molecule has 0 fully saturated rings. The summed E-state index contributed by atoms with van der Waals surface area (Å²) >= 11 is 0. The van der Waals surface area contributed by atoms with Crippen molar-refractivity contribution in [2.75, 3.05) is 20.8 Å². The van der Waals surface area contributed by atoms with Gasteiger partial charge in [0.25, 0.3) is 5.91 Å². The van der Waals surface area contributed by atoms with Gasteiger partial charge in [0, 0.05) is 12.6 Å². The van der Waals surface area contributed by atoms with E-state index in [4.69, 9.17) is 15.2 Å². The zero-order valence-electron chi connectivity index (χ0n) is 12.6. The van der Waals surface area contributed by atoms with Gasteiger partial charge in [0.1, 0.15) is 11.5 Å². The minimum atomic E-state index is -0.197. The molecule has 0 bridgehead atoms. The number of benzene rings is 1. The number of hydrogen-bond donors (Lipinski definition) is 2. The number of carbonyl (C=O) groups is 1. The SMILES string of the molecule is COc1ccc(OC)c(C(=O)NC(CN)CC(C)C)c1. The van der Waals surface area contributed by atoms with Gasteiger partial charge in [0.15, 0.2) is 0 Å². The normalized spacial score (nSPS) is 12.1. The quantitative estimate of drug-likeness (QED) is 0.799. The monoisotopic (exact) mass is 280 g/mol. The van der Waals surface area contributed by atoms with Gasteiger partial charge in [0.2, 0.25) is 0 Å². The summed E-state index contributed by atoms with van der Waals surface area (Å²) in [7, 11) is 3.10. The molecule has 0 aliphatic heterocycles. The molecule has 1 atom stereocenters. The summed E-state index contributed by atoms with van der Waals surface area (Å²) in [5.74, 6) is 1.40. The second kappa shape index (κ2) is 7.75. The number of amides is 1. The van der Waals surface area contributed by atoms with Crippen LogP contribution in [0.2, 0.25) is 0 Å². The molecule has 0 aliphatic rings. The minimum absolute atomic E-state index is 0.0431. The molecule has 0 aliphatic carbocycles. The number of hydrogen-bond acceptors (Lipinski definition) is 4. The van der Waals surface area contributed by atoms with Gasteiger partial charge < -0.3 is 20.5 Å². The average molecular weight is 280 g/mol. The van der Waals surface area contributed by atoms with Crippen LogP contribution in [0.25, 0.3) is 0 Å². The summed E-state index contributed by atoms with van der Waals surface area (Å²) in [5, 5.41) is 2.94. The largest absolute Gasteiger partial charge is 0.497 e. The van der Waals surface area contributed by atoms with Crippen molar-refractivity contribution in [3.05, 3.63) is 23.8 Å². The van der Waals surface area contributed by atoms with E-state index in [1.165, 1.54) is 7.11 Å². The molecule has 1 unspecified atom stereocenters. The van der Waals surface area contributed by atoms with Crippen LogP contribution in [0, 0.1) is 5.92 Å². The van der Waals surface area contributed by atoms with Gasteiger partial charge in [-0.15, -0.1) is 0 Å². The molecule has 5 heteroatoms. The van der Waals surface area contributed by atoms with Gasteiger partial charge in [-0.1, -0.05) is 13.8 Å². The van der Waals surface area contributed by atoms with Crippen molar-refractivity contribution in [2.45, 2.75) is 26.3 Å². The molecule has 5 nitrogen and oxygen atoms in total. The van der Waals surface area contributed by atoms with Gasteiger partial charge in [-0.3, -0.25) is 4.79 Å². The lowest BCUT2D eigenvalue weighted by Gasteiger charge is -2.19. The molecule has 0 saturated heterocycles. The van der Waals surface area contributed by atoms with Crippen LogP contribution in [0.15, 0.2) is 18.2 Å². The maximum atomic E-state index is 12.3. The fourth-order valence-electron chi connectivity index (χ4n) is 2.04. The Kier molecular flexibility index (Phi) is 6.31. The van der Waals surface area contributed by atoms with Gasteiger partial charge in [-0.05, 0) is 30.5 Å².